The number of phenols is 1. The Balaban J connectivity index is 2.23. The summed E-state index contributed by atoms with van der Waals surface area (Å²) in [6.07, 6.45) is 0. The summed E-state index contributed by atoms with van der Waals surface area (Å²) < 4.78 is 13.2. The number of anilines is 1. The quantitative estimate of drug-likeness (QED) is 0.661. The Morgan fingerprint density at radius 1 is 1.29 bits per heavy atom. The lowest BCUT2D eigenvalue weighted by Gasteiger charge is -2.17. The van der Waals surface area contributed by atoms with Crippen LogP contribution in [-0.2, 0) is 0 Å². The van der Waals surface area contributed by atoms with Crippen molar-refractivity contribution in [3.8, 4) is 5.75 Å². The van der Waals surface area contributed by atoms with E-state index in [0.717, 1.165) is 0 Å². The number of nitro groups is 1. The monoisotopic (exact) mass is 290 g/mol. The van der Waals surface area contributed by atoms with Crippen LogP contribution < -0.4 is 5.32 Å². The molecule has 0 aromatic heterocycles. The van der Waals surface area contributed by atoms with Crippen molar-refractivity contribution in [3.05, 3.63) is 63.5 Å². The van der Waals surface area contributed by atoms with Gasteiger partial charge in [-0.25, -0.2) is 4.39 Å². The van der Waals surface area contributed by atoms with Gasteiger partial charge in [0.25, 0.3) is 5.69 Å². The van der Waals surface area contributed by atoms with Crippen LogP contribution in [0.15, 0.2) is 36.4 Å². The van der Waals surface area contributed by atoms with Gasteiger partial charge in [-0.1, -0.05) is 0 Å². The third-order valence-corrected chi connectivity index (χ3v) is 3.23. The highest BCUT2D eigenvalue weighted by molar-refractivity contribution is 5.55. The Morgan fingerprint density at radius 3 is 2.62 bits per heavy atom. The van der Waals surface area contributed by atoms with Crippen molar-refractivity contribution in [2.24, 2.45) is 0 Å². The zero-order valence-corrected chi connectivity index (χ0v) is 11.6. The summed E-state index contributed by atoms with van der Waals surface area (Å²) in [5.41, 5.74) is 1.66. The predicted octanol–water partition coefficient (Wildman–Crippen LogP) is 3.92. The smallest absolute Gasteiger partial charge is 0.272 e. The molecule has 2 aromatic carbocycles. The molecular weight excluding hydrogens is 275 g/mol. The van der Waals surface area contributed by atoms with Gasteiger partial charge >= 0.3 is 0 Å². The van der Waals surface area contributed by atoms with Crippen LogP contribution in [0, 0.1) is 22.9 Å². The summed E-state index contributed by atoms with van der Waals surface area (Å²) in [5.74, 6) is -0.439. The molecular formula is C15H15FN2O3. The van der Waals surface area contributed by atoms with E-state index in [1.54, 1.807) is 26.0 Å². The molecule has 0 amide bonds. The maximum atomic E-state index is 13.2. The van der Waals surface area contributed by atoms with Gasteiger partial charge < -0.3 is 10.4 Å². The Labute approximate surface area is 121 Å². The summed E-state index contributed by atoms with van der Waals surface area (Å²) in [7, 11) is 0. The average molecular weight is 290 g/mol. The summed E-state index contributed by atoms with van der Waals surface area (Å²) >= 11 is 0. The van der Waals surface area contributed by atoms with Gasteiger partial charge in [0.15, 0.2) is 0 Å². The van der Waals surface area contributed by atoms with Crippen molar-refractivity contribution < 1.29 is 14.4 Å². The lowest BCUT2D eigenvalue weighted by molar-refractivity contribution is -0.385. The van der Waals surface area contributed by atoms with Crippen LogP contribution in [0.3, 0.4) is 0 Å². The van der Waals surface area contributed by atoms with Gasteiger partial charge in [0, 0.05) is 22.9 Å². The second-order valence-corrected chi connectivity index (χ2v) is 4.83. The molecule has 5 nitrogen and oxygen atoms in total. The normalized spacial score (nSPS) is 12.0. The Hall–Kier alpha value is -2.63. The first-order chi connectivity index (χ1) is 9.88. The number of nitro benzene ring substituents is 1. The fourth-order valence-electron chi connectivity index (χ4n) is 2.15. The fraction of sp³-hybridized carbons (Fsp3) is 0.200. The van der Waals surface area contributed by atoms with E-state index in [0.29, 0.717) is 16.8 Å². The molecule has 1 unspecified atom stereocenters. The van der Waals surface area contributed by atoms with Crippen LogP contribution in [0.5, 0.6) is 5.75 Å². The lowest BCUT2D eigenvalue weighted by atomic mass is 10.1. The maximum absolute atomic E-state index is 13.2. The van der Waals surface area contributed by atoms with Crippen LogP contribution >= 0.6 is 0 Å². The van der Waals surface area contributed by atoms with Crippen LogP contribution in [0.2, 0.25) is 0 Å². The van der Waals surface area contributed by atoms with Crippen molar-refractivity contribution in [3.63, 3.8) is 0 Å². The van der Waals surface area contributed by atoms with E-state index < -0.39 is 10.7 Å². The van der Waals surface area contributed by atoms with Gasteiger partial charge in [0.2, 0.25) is 0 Å². The van der Waals surface area contributed by atoms with Gasteiger partial charge in [-0.15, -0.1) is 0 Å². The van der Waals surface area contributed by atoms with Crippen LogP contribution in [-0.4, -0.2) is 10.0 Å². The minimum Gasteiger partial charge on any atom is -0.508 e. The molecule has 2 aromatic rings. The number of rotatable bonds is 4. The number of aromatic hydroxyl groups is 1. The maximum Gasteiger partial charge on any atom is 0.272 e. The fourth-order valence-corrected chi connectivity index (χ4v) is 2.15. The van der Waals surface area contributed by atoms with Crippen molar-refractivity contribution in [2.45, 2.75) is 19.9 Å². The SMILES string of the molecule is Cc1cc(NC(C)c2cc(F)ccc2O)ccc1[N+](=O)[O-]. The highest BCUT2D eigenvalue weighted by Crippen LogP contribution is 2.29. The minimum absolute atomic E-state index is 0.00460. The molecule has 2 rings (SSSR count). The van der Waals surface area contributed by atoms with E-state index in [1.807, 2.05) is 0 Å². The number of aryl methyl sites for hydroxylation is 1. The van der Waals surface area contributed by atoms with Crippen LogP contribution in [0.1, 0.15) is 24.1 Å². The molecule has 6 heteroatoms. The summed E-state index contributed by atoms with van der Waals surface area (Å²) in [6.45, 7) is 3.42. The first-order valence-corrected chi connectivity index (χ1v) is 6.38. The van der Waals surface area contributed by atoms with E-state index >= 15 is 0 Å². The first-order valence-electron chi connectivity index (χ1n) is 6.38. The molecule has 0 heterocycles. The second-order valence-electron chi connectivity index (χ2n) is 4.83. The Bertz CT molecular complexity index is 689. The molecule has 0 saturated heterocycles. The number of hydrogen-bond acceptors (Lipinski definition) is 4. The summed E-state index contributed by atoms with van der Waals surface area (Å²) in [4.78, 5) is 10.3. The molecule has 110 valence electrons. The van der Waals surface area contributed by atoms with Crippen molar-refractivity contribution >= 4 is 11.4 Å². The van der Waals surface area contributed by atoms with E-state index in [9.17, 15) is 19.6 Å². The van der Waals surface area contributed by atoms with Gasteiger partial charge in [-0.3, -0.25) is 10.1 Å². The zero-order chi connectivity index (χ0) is 15.6. The third kappa shape index (κ3) is 3.28. The zero-order valence-electron chi connectivity index (χ0n) is 11.6. The number of benzene rings is 2. The van der Waals surface area contributed by atoms with Crippen LogP contribution in [0.25, 0.3) is 0 Å². The number of nitrogens with zero attached hydrogens (tertiary/aromatic N) is 1. The van der Waals surface area contributed by atoms with E-state index in [2.05, 4.69) is 5.32 Å². The minimum atomic E-state index is -0.444. The molecule has 0 aliphatic carbocycles. The highest BCUT2D eigenvalue weighted by Gasteiger charge is 2.14. The predicted molar refractivity (Wildman–Crippen MR) is 77.9 cm³/mol. The van der Waals surface area contributed by atoms with Crippen molar-refractivity contribution in [1.82, 2.24) is 0 Å². The summed E-state index contributed by atoms with van der Waals surface area (Å²) in [6, 6.07) is 8.02. The molecule has 0 fully saturated rings. The van der Waals surface area contributed by atoms with Crippen molar-refractivity contribution in [2.75, 3.05) is 5.32 Å². The largest absolute Gasteiger partial charge is 0.508 e. The molecule has 0 aliphatic rings. The molecule has 0 bridgehead atoms. The molecule has 0 spiro atoms. The summed E-state index contributed by atoms with van der Waals surface area (Å²) in [5, 5.41) is 23.6. The topological polar surface area (TPSA) is 75.4 Å². The third-order valence-electron chi connectivity index (χ3n) is 3.23. The van der Waals surface area contributed by atoms with Crippen molar-refractivity contribution in [1.29, 1.82) is 0 Å². The molecule has 1 atom stereocenters. The second kappa shape index (κ2) is 5.78. The number of hydrogen-bond donors (Lipinski definition) is 2. The molecule has 21 heavy (non-hydrogen) atoms. The van der Waals surface area contributed by atoms with E-state index in [4.69, 9.17) is 0 Å². The average Bonchev–Trinajstić information content (AvgIpc) is 2.41. The molecule has 0 aliphatic heterocycles. The molecule has 0 radical (unpaired) electrons. The molecule has 2 N–H and O–H groups in total. The van der Waals surface area contributed by atoms with Gasteiger partial charge in [0.1, 0.15) is 11.6 Å². The van der Waals surface area contributed by atoms with Crippen LogP contribution in [0.4, 0.5) is 15.8 Å². The first kappa shape index (κ1) is 14.8. The number of nitrogens with one attached hydrogen (secondary N) is 1. The lowest BCUT2D eigenvalue weighted by Crippen LogP contribution is -2.07. The number of halogens is 1. The molecule has 0 saturated carbocycles. The Kier molecular flexibility index (Phi) is 4.07. The Morgan fingerprint density at radius 2 is 2.00 bits per heavy atom. The highest BCUT2D eigenvalue weighted by atomic mass is 19.1. The van der Waals surface area contributed by atoms with E-state index in [1.165, 1.54) is 24.3 Å². The van der Waals surface area contributed by atoms with E-state index in [-0.39, 0.29) is 17.5 Å². The standard InChI is InChI=1S/C15H15FN2O3/c1-9-7-12(4-5-14(9)18(20)21)17-10(2)13-8-11(16)3-6-15(13)19/h3-8,10,17,19H,1-2H3. The van der Waals surface area contributed by atoms with Gasteiger partial charge in [-0.2, -0.15) is 0 Å². The van der Waals surface area contributed by atoms with Gasteiger partial charge in [-0.05, 0) is 44.2 Å². The van der Waals surface area contributed by atoms with Gasteiger partial charge in [0.05, 0.1) is 11.0 Å². The number of phenolic OH excluding ortho intramolecular Hbond substituents is 1.